The molecule has 1 rings (SSSR count). The second kappa shape index (κ2) is 4.05. The number of carbonyl (C=O) groups is 1. The Bertz CT molecular complexity index is 429. The minimum atomic E-state index is -4.48. The van der Waals surface area contributed by atoms with Crippen molar-refractivity contribution >= 4 is 5.97 Å². The third-order valence-corrected chi connectivity index (χ3v) is 1.93. The van der Waals surface area contributed by atoms with Crippen molar-refractivity contribution < 1.29 is 27.5 Å². The van der Waals surface area contributed by atoms with Gasteiger partial charge in [0.05, 0.1) is 5.69 Å². The van der Waals surface area contributed by atoms with Crippen molar-refractivity contribution in [3.8, 4) is 0 Å². The lowest BCUT2D eigenvalue weighted by Crippen LogP contribution is -2.17. The van der Waals surface area contributed by atoms with Crippen LogP contribution < -0.4 is 0 Å². The number of aromatic nitrogens is 1. The largest absolute Gasteiger partial charge is 0.475 e. The molecule has 0 aliphatic carbocycles. The van der Waals surface area contributed by atoms with Crippen LogP contribution in [0.5, 0.6) is 0 Å². The minimum absolute atomic E-state index is 0.0178. The maximum atomic E-state index is 12.1. The molecule has 0 fully saturated rings. The van der Waals surface area contributed by atoms with Gasteiger partial charge in [-0.1, -0.05) is 20.8 Å². The van der Waals surface area contributed by atoms with Gasteiger partial charge in [-0.05, 0) is 0 Å². The van der Waals surface area contributed by atoms with Gasteiger partial charge in [-0.3, -0.25) is 0 Å². The summed E-state index contributed by atoms with van der Waals surface area (Å²) in [6.07, 6.45) is -5.85. The third kappa shape index (κ3) is 3.47. The summed E-state index contributed by atoms with van der Waals surface area (Å²) in [6, 6.07) is 0. The molecule has 0 spiro atoms. The van der Waals surface area contributed by atoms with E-state index < -0.39 is 35.6 Å². The maximum Gasteiger partial charge on any atom is 0.397 e. The van der Waals surface area contributed by atoms with Gasteiger partial charge >= 0.3 is 12.1 Å². The Labute approximate surface area is 95.5 Å². The average molecular weight is 251 g/mol. The molecule has 0 amide bonds. The predicted octanol–water partition coefficient (Wildman–Crippen LogP) is 2.78. The van der Waals surface area contributed by atoms with Crippen molar-refractivity contribution in [2.75, 3.05) is 0 Å². The van der Waals surface area contributed by atoms with Gasteiger partial charge in [0.1, 0.15) is 6.42 Å². The number of alkyl halides is 3. The summed E-state index contributed by atoms with van der Waals surface area (Å²) >= 11 is 0. The Hall–Kier alpha value is -1.53. The standard InChI is InChI=1S/C10H12F3NO3/c1-9(2,3)7-6(8(15)16)17-5(14-7)4-10(11,12)13/h4H2,1-3H3,(H,15,16). The van der Waals surface area contributed by atoms with Gasteiger partial charge in [-0.25, -0.2) is 9.78 Å². The molecule has 0 radical (unpaired) electrons. The topological polar surface area (TPSA) is 63.3 Å². The molecule has 0 aliphatic rings. The Kier molecular flexibility index (Phi) is 3.22. The van der Waals surface area contributed by atoms with Gasteiger partial charge < -0.3 is 9.52 Å². The number of halogens is 3. The number of aromatic carboxylic acids is 1. The summed E-state index contributed by atoms with van der Waals surface area (Å²) in [5.41, 5.74) is -0.676. The van der Waals surface area contributed by atoms with Crippen LogP contribution in [-0.2, 0) is 11.8 Å². The zero-order chi connectivity index (χ0) is 13.4. The summed E-state index contributed by atoms with van der Waals surface area (Å²) in [5, 5.41) is 8.83. The zero-order valence-electron chi connectivity index (χ0n) is 9.55. The van der Waals surface area contributed by atoms with Crippen molar-refractivity contribution in [1.82, 2.24) is 4.98 Å². The molecule has 1 aromatic rings. The molecule has 17 heavy (non-hydrogen) atoms. The highest BCUT2D eigenvalue weighted by molar-refractivity contribution is 5.86. The lowest BCUT2D eigenvalue weighted by Gasteiger charge is -2.14. The fourth-order valence-corrected chi connectivity index (χ4v) is 1.26. The molecule has 1 heterocycles. The lowest BCUT2D eigenvalue weighted by molar-refractivity contribution is -0.130. The van der Waals surface area contributed by atoms with E-state index in [1.807, 2.05) is 0 Å². The van der Waals surface area contributed by atoms with Crippen LogP contribution >= 0.6 is 0 Å². The number of carboxylic acids is 1. The third-order valence-electron chi connectivity index (χ3n) is 1.93. The average Bonchev–Trinajstić information content (AvgIpc) is 2.43. The van der Waals surface area contributed by atoms with E-state index in [9.17, 15) is 18.0 Å². The molecule has 0 unspecified atom stereocenters. The molecule has 0 saturated heterocycles. The Morgan fingerprint density at radius 1 is 1.35 bits per heavy atom. The lowest BCUT2D eigenvalue weighted by atomic mass is 9.91. The van der Waals surface area contributed by atoms with Gasteiger partial charge in [0.25, 0.3) is 0 Å². The van der Waals surface area contributed by atoms with Crippen LogP contribution in [-0.4, -0.2) is 22.2 Å². The molecular weight excluding hydrogens is 239 g/mol. The molecule has 4 nitrogen and oxygen atoms in total. The van der Waals surface area contributed by atoms with Crippen LogP contribution in [0.2, 0.25) is 0 Å². The van der Waals surface area contributed by atoms with E-state index in [4.69, 9.17) is 5.11 Å². The van der Waals surface area contributed by atoms with Crippen molar-refractivity contribution in [2.24, 2.45) is 0 Å². The SMILES string of the molecule is CC(C)(C)c1nc(CC(F)(F)F)oc1C(=O)O. The van der Waals surface area contributed by atoms with E-state index >= 15 is 0 Å². The first kappa shape index (κ1) is 13.5. The summed E-state index contributed by atoms with van der Waals surface area (Å²) in [5.74, 6) is -2.58. The van der Waals surface area contributed by atoms with Crippen LogP contribution in [0.4, 0.5) is 13.2 Å². The van der Waals surface area contributed by atoms with Crippen molar-refractivity contribution in [3.05, 3.63) is 17.3 Å². The number of hydrogen-bond acceptors (Lipinski definition) is 3. The second-order valence-corrected chi connectivity index (χ2v) is 4.63. The van der Waals surface area contributed by atoms with E-state index in [1.165, 1.54) is 0 Å². The van der Waals surface area contributed by atoms with E-state index in [0.29, 0.717) is 0 Å². The molecule has 1 N–H and O–H groups in total. The molecular formula is C10H12F3NO3. The second-order valence-electron chi connectivity index (χ2n) is 4.63. The van der Waals surface area contributed by atoms with Crippen LogP contribution in [0.25, 0.3) is 0 Å². The maximum absolute atomic E-state index is 12.1. The van der Waals surface area contributed by atoms with Crippen molar-refractivity contribution in [1.29, 1.82) is 0 Å². The Morgan fingerprint density at radius 2 is 1.88 bits per heavy atom. The van der Waals surface area contributed by atoms with E-state index in [-0.39, 0.29) is 5.69 Å². The molecule has 7 heteroatoms. The van der Waals surface area contributed by atoms with Gasteiger partial charge in [-0.15, -0.1) is 0 Å². The van der Waals surface area contributed by atoms with Gasteiger partial charge in [0, 0.05) is 5.41 Å². The molecule has 0 aliphatic heterocycles. The number of carboxylic acid groups (broad SMARTS) is 1. The van der Waals surface area contributed by atoms with Gasteiger partial charge in [-0.2, -0.15) is 13.2 Å². The number of oxazole rings is 1. The van der Waals surface area contributed by atoms with E-state index in [1.54, 1.807) is 20.8 Å². The highest BCUT2D eigenvalue weighted by Gasteiger charge is 2.34. The van der Waals surface area contributed by atoms with Crippen LogP contribution in [0.1, 0.15) is 42.9 Å². The van der Waals surface area contributed by atoms with Gasteiger partial charge in [0.15, 0.2) is 0 Å². The summed E-state index contributed by atoms with van der Waals surface area (Å²) in [4.78, 5) is 14.5. The number of rotatable bonds is 2. The first-order valence-corrected chi connectivity index (χ1v) is 4.81. The Balaban J connectivity index is 3.18. The number of hydrogen-bond donors (Lipinski definition) is 1. The highest BCUT2D eigenvalue weighted by atomic mass is 19.4. The molecule has 96 valence electrons. The number of nitrogens with zero attached hydrogens (tertiary/aromatic N) is 1. The predicted molar refractivity (Wildman–Crippen MR) is 51.9 cm³/mol. The highest BCUT2D eigenvalue weighted by Crippen LogP contribution is 2.28. The Morgan fingerprint density at radius 3 is 2.18 bits per heavy atom. The quantitative estimate of drug-likeness (QED) is 0.877. The molecule has 0 saturated carbocycles. The smallest absolute Gasteiger partial charge is 0.397 e. The minimum Gasteiger partial charge on any atom is -0.475 e. The monoisotopic (exact) mass is 251 g/mol. The van der Waals surface area contributed by atoms with Gasteiger partial charge in [0.2, 0.25) is 11.7 Å². The molecule has 1 aromatic heterocycles. The van der Waals surface area contributed by atoms with E-state index in [2.05, 4.69) is 9.40 Å². The van der Waals surface area contributed by atoms with Crippen LogP contribution in [0, 0.1) is 0 Å². The summed E-state index contributed by atoms with van der Waals surface area (Å²) < 4.78 is 41.0. The molecule has 0 bridgehead atoms. The van der Waals surface area contributed by atoms with Crippen LogP contribution in [0.3, 0.4) is 0 Å². The summed E-state index contributed by atoms with van der Waals surface area (Å²) in [6.45, 7) is 4.94. The van der Waals surface area contributed by atoms with Crippen LogP contribution in [0.15, 0.2) is 4.42 Å². The fourth-order valence-electron chi connectivity index (χ4n) is 1.26. The van der Waals surface area contributed by atoms with Crippen molar-refractivity contribution in [3.63, 3.8) is 0 Å². The first-order valence-electron chi connectivity index (χ1n) is 4.81. The summed E-state index contributed by atoms with van der Waals surface area (Å²) in [7, 11) is 0. The van der Waals surface area contributed by atoms with E-state index in [0.717, 1.165) is 0 Å². The first-order chi connectivity index (χ1) is 7.50. The zero-order valence-corrected chi connectivity index (χ0v) is 9.55. The fraction of sp³-hybridized carbons (Fsp3) is 0.600. The molecule has 0 atom stereocenters. The normalized spacial score (nSPS) is 12.8. The van der Waals surface area contributed by atoms with Crippen molar-refractivity contribution in [2.45, 2.75) is 38.8 Å². The molecule has 0 aromatic carbocycles.